The molecule has 12 heteroatoms. The van der Waals surface area contributed by atoms with E-state index in [1.54, 1.807) is 6.92 Å². The normalized spacial score (nSPS) is 17.1. The fourth-order valence-corrected chi connectivity index (χ4v) is 4.57. The van der Waals surface area contributed by atoms with Crippen molar-refractivity contribution in [3.05, 3.63) is 86.2 Å². The highest BCUT2D eigenvalue weighted by Crippen LogP contribution is 2.44. The van der Waals surface area contributed by atoms with Gasteiger partial charge in [-0.2, -0.15) is 0 Å². The second-order valence-electron chi connectivity index (χ2n) is 7.16. The summed E-state index contributed by atoms with van der Waals surface area (Å²) >= 11 is 0.856. The number of hydrogen-bond acceptors (Lipinski definition) is 10. The molecule has 0 aliphatic carbocycles. The van der Waals surface area contributed by atoms with E-state index in [-0.39, 0.29) is 26.8 Å². The molecule has 1 aromatic carbocycles. The van der Waals surface area contributed by atoms with E-state index < -0.39 is 34.4 Å². The first kappa shape index (κ1) is 22.7. The topological polar surface area (TPSA) is 153 Å². The van der Waals surface area contributed by atoms with Gasteiger partial charge < -0.3 is 9.84 Å². The van der Waals surface area contributed by atoms with Crippen molar-refractivity contribution >= 4 is 45.6 Å². The van der Waals surface area contributed by atoms with Gasteiger partial charge in [-0.15, -0.1) is 0 Å². The van der Waals surface area contributed by atoms with Gasteiger partial charge >= 0.3 is 11.9 Å². The number of aromatic nitrogens is 2. The van der Waals surface area contributed by atoms with Gasteiger partial charge in [-0.1, -0.05) is 11.3 Å². The number of aliphatic hydroxyl groups excluding tert-OH is 1. The number of benzene rings is 1. The van der Waals surface area contributed by atoms with Crippen molar-refractivity contribution in [2.24, 2.45) is 0 Å². The zero-order chi connectivity index (χ0) is 24.6. The first-order chi connectivity index (χ1) is 16.2. The molecule has 0 spiro atoms. The lowest BCUT2D eigenvalue weighted by atomic mass is 9.95. The number of nitrogens with zero attached hydrogens (tertiary/aromatic N) is 4. The zero-order valence-corrected chi connectivity index (χ0v) is 18.6. The third-order valence-corrected chi connectivity index (χ3v) is 6.32. The first-order valence-electron chi connectivity index (χ1n) is 9.76. The van der Waals surface area contributed by atoms with E-state index in [2.05, 4.69) is 9.97 Å². The van der Waals surface area contributed by atoms with Gasteiger partial charge in [-0.05, 0) is 36.8 Å². The molecular weight excluding hydrogens is 464 g/mol. The van der Waals surface area contributed by atoms with Crippen molar-refractivity contribution in [3.63, 3.8) is 0 Å². The second kappa shape index (κ2) is 8.83. The molecule has 1 aliphatic rings. The number of anilines is 1. The average Bonchev–Trinajstić information content (AvgIpc) is 3.35. The van der Waals surface area contributed by atoms with Gasteiger partial charge in [0.15, 0.2) is 5.13 Å². The Labute approximate surface area is 196 Å². The second-order valence-corrected chi connectivity index (χ2v) is 8.13. The van der Waals surface area contributed by atoms with Crippen LogP contribution in [0.3, 0.4) is 0 Å². The van der Waals surface area contributed by atoms with Gasteiger partial charge in [-0.3, -0.25) is 29.6 Å². The van der Waals surface area contributed by atoms with Gasteiger partial charge in [0.05, 0.1) is 29.3 Å². The number of ether oxygens (including phenoxy) is 1. The number of thiazole rings is 1. The molecule has 1 N–H and O–H groups in total. The van der Waals surface area contributed by atoms with Gasteiger partial charge in [0.1, 0.15) is 10.6 Å². The number of carbonyl (C=O) groups is 3. The third-order valence-electron chi connectivity index (χ3n) is 5.18. The fraction of sp³-hybridized carbons (Fsp3) is 0.136. The number of methoxy groups -OCH3 is 1. The van der Waals surface area contributed by atoms with Crippen LogP contribution in [0.2, 0.25) is 0 Å². The van der Waals surface area contributed by atoms with Crippen LogP contribution in [0, 0.1) is 17.0 Å². The highest BCUT2D eigenvalue weighted by molar-refractivity contribution is 7.17. The molecule has 11 nitrogen and oxygen atoms in total. The quantitative estimate of drug-likeness (QED) is 0.145. The monoisotopic (exact) mass is 480 g/mol. The Hall–Kier alpha value is -4.45. The van der Waals surface area contributed by atoms with Crippen molar-refractivity contribution in [1.82, 2.24) is 9.97 Å². The van der Waals surface area contributed by atoms with Gasteiger partial charge in [0.2, 0.25) is 0 Å². The molecule has 3 aromatic rings. The Bertz CT molecular complexity index is 1350. The van der Waals surface area contributed by atoms with Crippen LogP contribution in [0.15, 0.2) is 54.4 Å². The lowest BCUT2D eigenvalue weighted by Crippen LogP contribution is -2.29. The Balaban J connectivity index is 1.93. The first-order valence-corrected chi connectivity index (χ1v) is 10.6. The van der Waals surface area contributed by atoms with Crippen LogP contribution in [0.25, 0.3) is 5.76 Å². The van der Waals surface area contributed by atoms with Gasteiger partial charge in [0, 0.05) is 30.1 Å². The molecule has 1 atom stereocenters. The maximum atomic E-state index is 13.1. The number of carbonyl (C=O) groups excluding carboxylic acids is 3. The molecule has 1 saturated heterocycles. The summed E-state index contributed by atoms with van der Waals surface area (Å²) in [5.74, 6) is -3.02. The lowest BCUT2D eigenvalue weighted by molar-refractivity contribution is -0.384. The molecule has 172 valence electrons. The number of Topliss-reactive ketones (excluding diaryl/α,β-unsaturated/α-hetero) is 1. The summed E-state index contributed by atoms with van der Waals surface area (Å²) in [6.45, 7) is 1.56. The van der Waals surface area contributed by atoms with Crippen molar-refractivity contribution in [2.75, 3.05) is 12.0 Å². The lowest BCUT2D eigenvalue weighted by Gasteiger charge is -2.22. The van der Waals surface area contributed by atoms with E-state index >= 15 is 0 Å². The van der Waals surface area contributed by atoms with Crippen molar-refractivity contribution in [1.29, 1.82) is 0 Å². The summed E-state index contributed by atoms with van der Waals surface area (Å²) in [5, 5.41) is 22.1. The number of non-ortho nitro benzene ring substituents is 1. The number of amides is 1. The van der Waals surface area contributed by atoms with Gasteiger partial charge in [0.25, 0.3) is 11.5 Å². The molecule has 2 aromatic heterocycles. The molecule has 1 amide bonds. The van der Waals surface area contributed by atoms with E-state index in [9.17, 15) is 29.6 Å². The minimum absolute atomic E-state index is 0.0390. The number of pyridine rings is 1. The number of aliphatic hydroxyl groups is 1. The van der Waals surface area contributed by atoms with Crippen LogP contribution in [0.1, 0.15) is 32.5 Å². The fourth-order valence-electron chi connectivity index (χ4n) is 3.56. The van der Waals surface area contributed by atoms with Gasteiger partial charge in [-0.25, -0.2) is 9.78 Å². The SMILES string of the molecule is COC(=O)c1sc(N2C(=O)C(=O)/C(=C(/O)c3ccncc3)C2c2ccc([N+](=O)[O-])cc2)nc1C. The number of rotatable bonds is 5. The highest BCUT2D eigenvalue weighted by Gasteiger charge is 2.48. The van der Waals surface area contributed by atoms with Crippen LogP contribution in [0.4, 0.5) is 10.8 Å². The average molecular weight is 480 g/mol. The largest absolute Gasteiger partial charge is 0.507 e. The Morgan fingerprint density at radius 1 is 1.18 bits per heavy atom. The van der Waals surface area contributed by atoms with Crippen molar-refractivity contribution in [2.45, 2.75) is 13.0 Å². The molecule has 1 aliphatic heterocycles. The number of nitro groups is 1. The Morgan fingerprint density at radius 3 is 2.41 bits per heavy atom. The minimum Gasteiger partial charge on any atom is -0.507 e. The summed E-state index contributed by atoms with van der Waals surface area (Å²) in [4.78, 5) is 58.2. The summed E-state index contributed by atoms with van der Waals surface area (Å²) in [7, 11) is 1.21. The molecule has 3 heterocycles. The number of nitro benzene ring substituents is 1. The molecular formula is C22H16N4O7S. The summed E-state index contributed by atoms with van der Waals surface area (Å²) < 4.78 is 4.75. The van der Waals surface area contributed by atoms with E-state index in [0.29, 0.717) is 11.3 Å². The molecule has 4 rings (SSSR count). The van der Waals surface area contributed by atoms with Crippen LogP contribution < -0.4 is 4.90 Å². The van der Waals surface area contributed by atoms with E-state index in [0.717, 1.165) is 16.2 Å². The smallest absolute Gasteiger partial charge is 0.350 e. The summed E-state index contributed by atoms with van der Waals surface area (Å²) in [6.07, 6.45) is 2.83. The molecule has 34 heavy (non-hydrogen) atoms. The van der Waals surface area contributed by atoms with Crippen molar-refractivity contribution in [3.8, 4) is 0 Å². The zero-order valence-electron chi connectivity index (χ0n) is 17.8. The Kier molecular flexibility index (Phi) is 5.90. The molecule has 0 saturated carbocycles. The van der Waals surface area contributed by atoms with E-state index in [4.69, 9.17) is 4.74 Å². The molecule has 1 unspecified atom stereocenters. The minimum atomic E-state index is -1.15. The molecule has 0 radical (unpaired) electrons. The number of aryl methyl sites for hydroxylation is 1. The van der Waals surface area contributed by atoms with Crippen LogP contribution >= 0.6 is 11.3 Å². The number of hydrogen-bond donors (Lipinski definition) is 1. The maximum Gasteiger partial charge on any atom is 0.350 e. The third kappa shape index (κ3) is 3.79. The highest BCUT2D eigenvalue weighted by atomic mass is 32.1. The maximum absolute atomic E-state index is 13.1. The number of ketones is 1. The van der Waals surface area contributed by atoms with Crippen LogP contribution in [-0.2, 0) is 14.3 Å². The summed E-state index contributed by atoms with van der Waals surface area (Å²) in [6, 6.07) is 7.04. The standard InChI is InChI=1S/C22H16N4O7S/c1-11-19(21(30)33-2)34-22(24-11)25-16(12-3-5-14(6-4-12)26(31)32)15(18(28)20(25)29)17(27)13-7-9-23-10-8-13/h3-10,16,27H,1-2H3/b17-15+. The predicted molar refractivity (Wildman–Crippen MR) is 120 cm³/mol. The molecule has 0 bridgehead atoms. The van der Waals surface area contributed by atoms with Crippen LogP contribution in [0.5, 0.6) is 0 Å². The summed E-state index contributed by atoms with van der Waals surface area (Å²) in [5.41, 5.74) is 0.467. The predicted octanol–water partition coefficient (Wildman–Crippen LogP) is 3.17. The van der Waals surface area contributed by atoms with Crippen molar-refractivity contribution < 1.29 is 29.2 Å². The van der Waals surface area contributed by atoms with E-state index in [1.165, 1.54) is 55.9 Å². The number of esters is 1. The Morgan fingerprint density at radius 2 is 1.82 bits per heavy atom. The molecule has 1 fully saturated rings. The van der Waals surface area contributed by atoms with Crippen LogP contribution in [-0.4, -0.2) is 44.8 Å². The van der Waals surface area contributed by atoms with E-state index in [1.807, 2.05) is 0 Å².